The summed E-state index contributed by atoms with van der Waals surface area (Å²) in [6.07, 6.45) is -5.34. The molecule has 0 aliphatic heterocycles. The van der Waals surface area contributed by atoms with E-state index in [9.17, 15) is 17.6 Å². The third-order valence-corrected chi connectivity index (χ3v) is 2.07. The molecule has 0 heterocycles. The summed E-state index contributed by atoms with van der Waals surface area (Å²) in [5.74, 6) is -1.88. The molecule has 0 saturated carbocycles. The van der Waals surface area contributed by atoms with Crippen LogP contribution in [0.3, 0.4) is 0 Å². The van der Waals surface area contributed by atoms with Gasteiger partial charge >= 0.3 is 13.3 Å². The van der Waals surface area contributed by atoms with Crippen LogP contribution in [0, 0.1) is 5.82 Å². The molecular weight excluding hydrogens is 255 g/mol. The molecule has 0 fully saturated rings. The van der Waals surface area contributed by atoms with Crippen LogP contribution in [0.2, 0.25) is 0 Å². The third kappa shape index (κ3) is 3.14. The van der Waals surface area contributed by atoms with Crippen LogP contribution in [0.1, 0.15) is 19.4 Å². The van der Waals surface area contributed by atoms with Crippen LogP contribution in [0.15, 0.2) is 12.1 Å². The van der Waals surface area contributed by atoms with Crippen molar-refractivity contribution in [3.05, 3.63) is 23.5 Å². The van der Waals surface area contributed by atoms with Crippen molar-refractivity contribution in [1.82, 2.24) is 0 Å². The zero-order chi connectivity index (χ0) is 14.1. The molecule has 0 spiro atoms. The van der Waals surface area contributed by atoms with Gasteiger partial charge in [-0.2, -0.15) is 13.2 Å². The van der Waals surface area contributed by atoms with E-state index in [1.165, 1.54) is 0 Å². The van der Waals surface area contributed by atoms with Crippen molar-refractivity contribution in [2.75, 3.05) is 0 Å². The topological polar surface area (TPSA) is 49.7 Å². The maximum absolute atomic E-state index is 13.7. The molecule has 0 aliphatic rings. The van der Waals surface area contributed by atoms with Gasteiger partial charge in [-0.25, -0.2) is 4.39 Å². The minimum absolute atomic E-state index is 0.457. The van der Waals surface area contributed by atoms with E-state index in [1.54, 1.807) is 13.8 Å². The number of hydrogen-bond acceptors (Lipinski definition) is 3. The summed E-state index contributed by atoms with van der Waals surface area (Å²) < 4.78 is 56.3. The highest BCUT2D eigenvalue weighted by atomic mass is 19.4. The van der Waals surface area contributed by atoms with Crippen molar-refractivity contribution < 1.29 is 32.3 Å². The number of halogens is 4. The lowest BCUT2D eigenvalue weighted by Crippen LogP contribution is -2.39. The Morgan fingerprint density at radius 2 is 1.78 bits per heavy atom. The maximum Gasteiger partial charge on any atom is 0.492 e. The molecule has 0 bridgehead atoms. The Morgan fingerprint density at radius 3 is 2.17 bits per heavy atom. The predicted octanol–water partition coefficient (Wildman–Crippen LogP) is 1.31. The van der Waals surface area contributed by atoms with Crippen LogP contribution in [-0.2, 0) is 6.18 Å². The van der Waals surface area contributed by atoms with E-state index in [4.69, 9.17) is 14.8 Å². The molecule has 0 unspecified atom stereocenters. The number of rotatable bonds is 3. The van der Waals surface area contributed by atoms with Crippen molar-refractivity contribution >= 4 is 12.6 Å². The molecule has 1 aromatic carbocycles. The molecule has 1 aromatic rings. The minimum atomic E-state index is -4.88. The lowest BCUT2D eigenvalue weighted by Gasteiger charge is -2.17. The van der Waals surface area contributed by atoms with Crippen LogP contribution in [-0.4, -0.2) is 23.3 Å². The fourth-order valence-corrected chi connectivity index (χ4v) is 1.42. The summed E-state index contributed by atoms with van der Waals surface area (Å²) >= 11 is 0. The summed E-state index contributed by atoms with van der Waals surface area (Å²) in [6, 6.07) is 1.36. The molecular formula is C10H11BF4O3. The second-order valence-electron chi connectivity index (χ2n) is 3.88. The Hall–Kier alpha value is -1.28. The first-order valence-electron chi connectivity index (χ1n) is 5.07. The zero-order valence-corrected chi connectivity index (χ0v) is 9.62. The van der Waals surface area contributed by atoms with Gasteiger partial charge in [-0.3, -0.25) is 0 Å². The zero-order valence-electron chi connectivity index (χ0n) is 9.62. The molecule has 3 nitrogen and oxygen atoms in total. The van der Waals surface area contributed by atoms with E-state index in [0.29, 0.717) is 6.07 Å². The highest BCUT2D eigenvalue weighted by Crippen LogP contribution is 2.31. The summed E-state index contributed by atoms with van der Waals surface area (Å²) in [5, 5.41) is 17.7. The van der Waals surface area contributed by atoms with Crippen LogP contribution < -0.4 is 10.2 Å². The van der Waals surface area contributed by atoms with E-state index in [2.05, 4.69) is 0 Å². The van der Waals surface area contributed by atoms with Gasteiger partial charge in [0.2, 0.25) is 0 Å². The van der Waals surface area contributed by atoms with Gasteiger partial charge in [-0.05, 0) is 26.0 Å². The quantitative estimate of drug-likeness (QED) is 0.640. The SMILES string of the molecule is CC(C)Oc1ccc(C(F)(F)F)c(B(O)O)c1F. The average Bonchev–Trinajstić information content (AvgIpc) is 2.17. The van der Waals surface area contributed by atoms with Gasteiger partial charge in [-0.1, -0.05) is 0 Å². The maximum atomic E-state index is 13.7. The molecule has 0 aliphatic carbocycles. The van der Waals surface area contributed by atoms with E-state index in [-0.39, 0.29) is 0 Å². The molecule has 8 heteroatoms. The van der Waals surface area contributed by atoms with Crippen LogP contribution in [0.5, 0.6) is 5.75 Å². The largest absolute Gasteiger partial charge is 0.492 e. The summed E-state index contributed by atoms with van der Waals surface area (Å²) in [5.41, 5.74) is -2.67. The van der Waals surface area contributed by atoms with E-state index < -0.39 is 42.0 Å². The molecule has 100 valence electrons. The van der Waals surface area contributed by atoms with E-state index >= 15 is 0 Å². The Bertz CT molecular complexity index is 432. The van der Waals surface area contributed by atoms with Crippen LogP contribution in [0.25, 0.3) is 0 Å². The molecule has 0 aromatic heterocycles. The van der Waals surface area contributed by atoms with Gasteiger partial charge in [0.05, 0.1) is 11.7 Å². The number of benzene rings is 1. The normalized spacial score (nSPS) is 11.8. The fraction of sp³-hybridized carbons (Fsp3) is 0.400. The number of ether oxygens (including phenoxy) is 1. The second kappa shape index (κ2) is 5.15. The minimum Gasteiger partial charge on any atom is -0.488 e. The van der Waals surface area contributed by atoms with Crippen LogP contribution in [0.4, 0.5) is 17.6 Å². The monoisotopic (exact) mass is 266 g/mol. The molecule has 1 rings (SSSR count). The van der Waals surface area contributed by atoms with Gasteiger partial charge in [0.15, 0.2) is 11.6 Å². The molecule has 0 atom stereocenters. The van der Waals surface area contributed by atoms with Crippen molar-refractivity contribution in [2.24, 2.45) is 0 Å². The molecule has 0 saturated heterocycles. The van der Waals surface area contributed by atoms with Gasteiger partial charge in [-0.15, -0.1) is 0 Å². The van der Waals surface area contributed by atoms with Gasteiger partial charge < -0.3 is 14.8 Å². The predicted molar refractivity (Wildman–Crippen MR) is 57.0 cm³/mol. The van der Waals surface area contributed by atoms with Gasteiger partial charge in [0.25, 0.3) is 0 Å². The second-order valence-corrected chi connectivity index (χ2v) is 3.88. The van der Waals surface area contributed by atoms with E-state index in [0.717, 1.165) is 6.07 Å². The Labute approximate surface area is 101 Å². The lowest BCUT2D eigenvalue weighted by molar-refractivity contribution is -0.137. The van der Waals surface area contributed by atoms with Gasteiger partial charge in [0, 0.05) is 5.46 Å². The summed E-state index contributed by atoms with van der Waals surface area (Å²) in [6.45, 7) is 3.12. The first-order valence-corrected chi connectivity index (χ1v) is 5.07. The third-order valence-electron chi connectivity index (χ3n) is 2.07. The van der Waals surface area contributed by atoms with Gasteiger partial charge in [0.1, 0.15) is 0 Å². The Kier molecular flexibility index (Phi) is 4.23. The Balaban J connectivity index is 3.38. The van der Waals surface area contributed by atoms with Crippen molar-refractivity contribution in [2.45, 2.75) is 26.1 Å². The average molecular weight is 266 g/mol. The summed E-state index contributed by atoms with van der Waals surface area (Å²) in [7, 11) is -2.57. The first-order chi connectivity index (χ1) is 8.14. The number of hydrogen-bond donors (Lipinski definition) is 2. The Morgan fingerprint density at radius 1 is 1.22 bits per heavy atom. The first kappa shape index (κ1) is 14.8. The molecule has 0 radical (unpaired) electrons. The smallest absolute Gasteiger partial charge is 0.488 e. The van der Waals surface area contributed by atoms with Crippen molar-refractivity contribution in [3.8, 4) is 5.75 Å². The lowest BCUT2D eigenvalue weighted by atomic mass is 9.76. The van der Waals surface area contributed by atoms with E-state index in [1.807, 2.05) is 0 Å². The fourth-order valence-electron chi connectivity index (χ4n) is 1.42. The standard InChI is InChI=1S/C10H11BF4O3/c1-5(2)18-7-4-3-6(10(13,14)15)8(9(7)12)11(16)17/h3-5,16-17H,1-2H3. The molecule has 18 heavy (non-hydrogen) atoms. The van der Waals surface area contributed by atoms with Crippen molar-refractivity contribution in [3.63, 3.8) is 0 Å². The van der Waals surface area contributed by atoms with Crippen molar-refractivity contribution in [1.29, 1.82) is 0 Å². The summed E-state index contributed by atoms with van der Waals surface area (Å²) in [4.78, 5) is 0. The highest BCUT2D eigenvalue weighted by Gasteiger charge is 2.39. The molecule has 2 N–H and O–H groups in total. The van der Waals surface area contributed by atoms with Crippen LogP contribution >= 0.6 is 0 Å². The highest BCUT2D eigenvalue weighted by molar-refractivity contribution is 6.59. The number of alkyl halides is 3. The molecule has 0 amide bonds.